The quantitative estimate of drug-likeness (QED) is 0.715. The molecule has 0 bridgehead atoms. The number of anilines is 2. The Kier molecular flexibility index (Phi) is 3.50. The number of piperazine rings is 1. The lowest BCUT2D eigenvalue weighted by Crippen LogP contribution is -2.47. The molecule has 0 radical (unpaired) electrons. The summed E-state index contributed by atoms with van der Waals surface area (Å²) >= 11 is 0. The van der Waals surface area contributed by atoms with E-state index in [1.807, 2.05) is 41.9 Å². The van der Waals surface area contributed by atoms with Gasteiger partial charge in [0, 0.05) is 31.9 Å². The summed E-state index contributed by atoms with van der Waals surface area (Å²) < 4.78 is 1.86. The van der Waals surface area contributed by atoms with E-state index in [9.17, 15) is 0 Å². The van der Waals surface area contributed by atoms with Crippen LogP contribution in [0.25, 0.3) is 5.65 Å². The number of nitrogens with zero attached hydrogens (tertiary/aromatic N) is 7. The molecule has 0 saturated carbocycles. The lowest BCUT2D eigenvalue weighted by molar-refractivity contribution is 0.638. The highest BCUT2D eigenvalue weighted by molar-refractivity contribution is 5.53. The molecule has 1 fully saturated rings. The monoisotopic (exact) mass is 319 g/mol. The van der Waals surface area contributed by atoms with Gasteiger partial charge in [0.25, 0.3) is 0 Å². The standard InChI is InChI=1S/C17H17N7/c1-13-20-16-11-19-12-17(24(16)21-13)23-8-6-22(7-9-23)15-4-2-14(10-18)3-5-15/h2-5,11-12H,6-9H2,1H3. The van der Waals surface area contributed by atoms with E-state index in [1.165, 1.54) is 0 Å². The van der Waals surface area contributed by atoms with Gasteiger partial charge in [0.05, 0.1) is 24.0 Å². The summed E-state index contributed by atoms with van der Waals surface area (Å²) in [7, 11) is 0. The Morgan fingerprint density at radius 1 is 1.00 bits per heavy atom. The zero-order chi connectivity index (χ0) is 16.5. The molecule has 120 valence electrons. The largest absolute Gasteiger partial charge is 0.368 e. The Labute approximate surface area is 139 Å². The number of nitriles is 1. The van der Waals surface area contributed by atoms with Crippen LogP contribution >= 0.6 is 0 Å². The minimum atomic E-state index is 0.691. The van der Waals surface area contributed by atoms with Crippen LogP contribution in [0.15, 0.2) is 36.7 Å². The highest BCUT2D eigenvalue weighted by Gasteiger charge is 2.20. The van der Waals surface area contributed by atoms with Crippen LogP contribution < -0.4 is 9.80 Å². The van der Waals surface area contributed by atoms with E-state index < -0.39 is 0 Å². The minimum absolute atomic E-state index is 0.691. The predicted molar refractivity (Wildman–Crippen MR) is 91.1 cm³/mol. The van der Waals surface area contributed by atoms with E-state index in [0.29, 0.717) is 5.56 Å². The van der Waals surface area contributed by atoms with E-state index >= 15 is 0 Å². The summed E-state index contributed by atoms with van der Waals surface area (Å²) in [6, 6.07) is 9.91. The van der Waals surface area contributed by atoms with Crippen molar-refractivity contribution >= 4 is 17.2 Å². The maximum absolute atomic E-state index is 8.90. The van der Waals surface area contributed by atoms with Gasteiger partial charge in [0.2, 0.25) is 0 Å². The first-order chi connectivity index (χ1) is 11.7. The Hall–Kier alpha value is -3.14. The van der Waals surface area contributed by atoms with Crippen molar-refractivity contribution in [1.29, 1.82) is 5.26 Å². The van der Waals surface area contributed by atoms with Crippen molar-refractivity contribution in [1.82, 2.24) is 19.6 Å². The first-order valence-electron chi connectivity index (χ1n) is 7.92. The minimum Gasteiger partial charge on any atom is -0.368 e. The van der Waals surface area contributed by atoms with Crippen LogP contribution in [0.4, 0.5) is 11.5 Å². The van der Waals surface area contributed by atoms with Crippen molar-refractivity contribution in [2.45, 2.75) is 6.92 Å². The Morgan fingerprint density at radius 2 is 1.71 bits per heavy atom. The summed E-state index contributed by atoms with van der Waals surface area (Å²) in [4.78, 5) is 13.3. The lowest BCUT2D eigenvalue weighted by Gasteiger charge is -2.37. The molecule has 3 aromatic rings. The highest BCUT2D eigenvalue weighted by atomic mass is 15.4. The van der Waals surface area contributed by atoms with Crippen LogP contribution in [-0.4, -0.2) is 45.8 Å². The molecular formula is C17H17N7. The van der Waals surface area contributed by atoms with Gasteiger partial charge in [-0.3, -0.25) is 4.98 Å². The molecule has 7 nitrogen and oxygen atoms in total. The van der Waals surface area contributed by atoms with Gasteiger partial charge in [0.15, 0.2) is 11.5 Å². The van der Waals surface area contributed by atoms with Gasteiger partial charge in [-0.1, -0.05) is 0 Å². The normalized spacial score (nSPS) is 14.8. The number of benzene rings is 1. The molecule has 0 atom stereocenters. The molecule has 4 rings (SSSR count). The summed E-state index contributed by atoms with van der Waals surface area (Å²) in [5.41, 5.74) is 2.62. The van der Waals surface area contributed by atoms with E-state index in [-0.39, 0.29) is 0 Å². The molecule has 0 N–H and O–H groups in total. The van der Waals surface area contributed by atoms with Gasteiger partial charge in [-0.05, 0) is 31.2 Å². The molecule has 0 spiro atoms. The average Bonchev–Trinajstić information content (AvgIpc) is 3.02. The first kappa shape index (κ1) is 14.5. The van der Waals surface area contributed by atoms with Crippen molar-refractivity contribution in [3.8, 4) is 6.07 Å². The molecule has 0 unspecified atom stereocenters. The van der Waals surface area contributed by atoms with Crippen LogP contribution in [-0.2, 0) is 0 Å². The molecule has 1 aliphatic rings. The van der Waals surface area contributed by atoms with E-state index in [1.54, 1.807) is 6.20 Å². The Morgan fingerprint density at radius 3 is 2.42 bits per heavy atom. The number of aryl methyl sites for hydroxylation is 1. The third-order valence-corrected chi connectivity index (χ3v) is 4.30. The van der Waals surface area contributed by atoms with Crippen LogP contribution in [0.5, 0.6) is 0 Å². The zero-order valence-electron chi connectivity index (χ0n) is 13.4. The lowest BCUT2D eigenvalue weighted by atomic mass is 10.2. The number of rotatable bonds is 2. The molecule has 1 saturated heterocycles. The fourth-order valence-electron chi connectivity index (χ4n) is 3.07. The highest BCUT2D eigenvalue weighted by Crippen LogP contribution is 2.21. The van der Waals surface area contributed by atoms with Crippen LogP contribution in [0, 0.1) is 18.3 Å². The van der Waals surface area contributed by atoms with Crippen molar-refractivity contribution < 1.29 is 0 Å². The fraction of sp³-hybridized carbons (Fsp3) is 0.294. The fourth-order valence-corrected chi connectivity index (χ4v) is 3.07. The molecule has 0 aliphatic carbocycles. The topological polar surface area (TPSA) is 73.4 Å². The van der Waals surface area contributed by atoms with Crippen LogP contribution in [0.3, 0.4) is 0 Å². The number of aromatic nitrogens is 4. The smallest absolute Gasteiger partial charge is 0.176 e. The predicted octanol–water partition coefficient (Wildman–Crippen LogP) is 1.63. The molecule has 7 heteroatoms. The summed E-state index contributed by atoms with van der Waals surface area (Å²) in [5.74, 6) is 1.73. The van der Waals surface area contributed by atoms with Gasteiger partial charge in [-0.15, -0.1) is 5.10 Å². The molecule has 24 heavy (non-hydrogen) atoms. The number of fused-ring (bicyclic) bond motifs is 1. The molecular weight excluding hydrogens is 302 g/mol. The van der Waals surface area contributed by atoms with Crippen molar-refractivity contribution in [2.24, 2.45) is 0 Å². The maximum atomic E-state index is 8.90. The molecule has 2 aromatic heterocycles. The average molecular weight is 319 g/mol. The Bertz CT molecular complexity index is 899. The number of hydrogen-bond acceptors (Lipinski definition) is 6. The maximum Gasteiger partial charge on any atom is 0.176 e. The second-order valence-electron chi connectivity index (χ2n) is 5.83. The second-order valence-corrected chi connectivity index (χ2v) is 5.83. The number of hydrogen-bond donors (Lipinski definition) is 0. The van der Waals surface area contributed by atoms with E-state index in [0.717, 1.165) is 49.2 Å². The summed E-state index contributed by atoms with van der Waals surface area (Å²) in [6.45, 7) is 5.49. The summed E-state index contributed by atoms with van der Waals surface area (Å²) in [6.07, 6.45) is 3.58. The van der Waals surface area contributed by atoms with Gasteiger partial charge in [0.1, 0.15) is 5.82 Å². The van der Waals surface area contributed by atoms with Gasteiger partial charge >= 0.3 is 0 Å². The Balaban J connectivity index is 1.52. The van der Waals surface area contributed by atoms with Crippen molar-refractivity contribution in [3.05, 3.63) is 48.0 Å². The van der Waals surface area contributed by atoms with Crippen molar-refractivity contribution in [2.75, 3.05) is 36.0 Å². The molecule has 0 amide bonds. The third kappa shape index (κ3) is 2.52. The first-order valence-corrected chi connectivity index (χ1v) is 7.92. The van der Waals surface area contributed by atoms with Crippen molar-refractivity contribution in [3.63, 3.8) is 0 Å². The molecule has 3 heterocycles. The third-order valence-electron chi connectivity index (χ3n) is 4.30. The molecule has 1 aromatic carbocycles. The zero-order valence-corrected chi connectivity index (χ0v) is 13.4. The van der Waals surface area contributed by atoms with Gasteiger partial charge < -0.3 is 9.80 Å². The van der Waals surface area contributed by atoms with Crippen LogP contribution in [0.2, 0.25) is 0 Å². The van der Waals surface area contributed by atoms with E-state index in [4.69, 9.17) is 5.26 Å². The van der Waals surface area contributed by atoms with Gasteiger partial charge in [-0.2, -0.15) is 9.78 Å². The SMILES string of the molecule is Cc1nc2cncc(N3CCN(c4ccc(C#N)cc4)CC3)n2n1. The summed E-state index contributed by atoms with van der Waals surface area (Å²) in [5, 5.41) is 13.4. The van der Waals surface area contributed by atoms with E-state index in [2.05, 4.69) is 30.9 Å². The van der Waals surface area contributed by atoms with Crippen LogP contribution in [0.1, 0.15) is 11.4 Å². The van der Waals surface area contributed by atoms with Gasteiger partial charge in [-0.25, -0.2) is 4.98 Å². The molecule has 1 aliphatic heterocycles. The second kappa shape index (κ2) is 5.81.